The molecule has 4 aromatic heterocycles. The van der Waals surface area contributed by atoms with Crippen LogP contribution in [0.3, 0.4) is 0 Å². The zero-order chi connectivity index (χ0) is 66.4. The van der Waals surface area contributed by atoms with Crippen LogP contribution in [0, 0.1) is 0 Å². The lowest BCUT2D eigenvalue weighted by Crippen LogP contribution is -2.74. The normalized spacial score (nSPS) is 11.8. The van der Waals surface area contributed by atoms with Gasteiger partial charge < -0.3 is 0 Å². The Morgan fingerprint density at radius 2 is 0.470 bits per heavy atom. The van der Waals surface area contributed by atoms with Crippen molar-refractivity contribution in [2.75, 3.05) is 0 Å². The highest BCUT2D eigenvalue weighted by Crippen LogP contribution is 2.37. The van der Waals surface area contributed by atoms with E-state index in [1.54, 1.807) is 0 Å². The van der Waals surface area contributed by atoms with Crippen LogP contribution in [0.25, 0.3) is 112 Å². The molecular formula is C91H63N7Si2. The van der Waals surface area contributed by atoms with Crippen LogP contribution in [-0.2, 0) is 0 Å². The Morgan fingerprint density at radius 1 is 0.190 bits per heavy atom. The molecule has 18 rings (SSSR count). The molecular weight excluding hydrogens is 1250 g/mol. The van der Waals surface area contributed by atoms with E-state index < -0.39 is 16.1 Å². The molecule has 0 aliphatic carbocycles. The Kier molecular flexibility index (Phi) is 15.1. The first-order valence-electron chi connectivity index (χ1n) is 34.0. The minimum Gasteiger partial charge on any atom is -0.294 e. The number of benzene rings is 14. The standard InChI is InChI=1S/C91H63N7Si2/c1-7-37-70(38-8-1)99(71-39-9-2-10-40-71,72-41-11-3-12-42-72)76-49-29-33-66(61-76)82-63-87(97-83-55-23-19-51-78(83)79-52-20-24-56-84(79)97)93-88(92-82)67-34-27-31-64(59-67)65-32-28-35-68(60-65)89-94-90(96-91(95-89)98-85-57-25-21-53-80(85)81-54-22-26-58-86(81)98)69-36-30-50-77(62-69)100(73-43-13-4-14-44-73,74-45-15-5-16-46-74)75-47-17-6-18-48-75/h1-63H. The molecule has 0 bridgehead atoms. The van der Waals surface area contributed by atoms with Crippen LogP contribution < -0.4 is 41.5 Å². The highest BCUT2D eigenvalue weighted by Gasteiger charge is 2.43. The largest absolute Gasteiger partial charge is 0.294 e. The molecule has 4 heterocycles. The lowest BCUT2D eigenvalue weighted by molar-refractivity contribution is 0.953. The summed E-state index contributed by atoms with van der Waals surface area (Å²) in [4.78, 5) is 27.8. The Morgan fingerprint density at radius 3 is 0.850 bits per heavy atom. The van der Waals surface area contributed by atoms with Gasteiger partial charge in [-0.25, -0.2) is 15.0 Å². The minimum atomic E-state index is -2.95. The van der Waals surface area contributed by atoms with Crippen LogP contribution in [0.2, 0.25) is 0 Å². The highest BCUT2D eigenvalue weighted by molar-refractivity contribution is 7.20. The van der Waals surface area contributed by atoms with Crippen LogP contribution in [0.15, 0.2) is 382 Å². The van der Waals surface area contributed by atoms with E-state index in [4.69, 9.17) is 24.9 Å². The topological polar surface area (TPSA) is 74.3 Å². The third-order valence-electron chi connectivity index (χ3n) is 19.9. The summed E-state index contributed by atoms with van der Waals surface area (Å²) in [6.45, 7) is 0. The van der Waals surface area contributed by atoms with Crippen LogP contribution in [0.4, 0.5) is 0 Å². The highest BCUT2D eigenvalue weighted by atomic mass is 28.3. The van der Waals surface area contributed by atoms with Gasteiger partial charge in [-0.2, -0.15) is 9.97 Å². The maximum absolute atomic E-state index is 5.64. The molecule has 0 saturated heterocycles. The molecule has 0 fully saturated rings. The predicted molar refractivity (Wildman–Crippen MR) is 419 cm³/mol. The van der Waals surface area contributed by atoms with E-state index in [0.717, 1.165) is 88.5 Å². The average molecular weight is 1310 g/mol. The summed E-state index contributed by atoms with van der Waals surface area (Å²) >= 11 is 0. The molecule has 0 aliphatic rings. The Hall–Kier alpha value is -12.8. The quantitative estimate of drug-likeness (QED) is 0.0755. The smallest absolute Gasteiger partial charge is 0.238 e. The van der Waals surface area contributed by atoms with E-state index in [1.165, 1.54) is 41.5 Å². The first-order valence-corrected chi connectivity index (χ1v) is 38.0. The van der Waals surface area contributed by atoms with Crippen molar-refractivity contribution in [1.82, 2.24) is 34.1 Å². The summed E-state index contributed by atoms with van der Waals surface area (Å²) in [6.07, 6.45) is 0. The maximum atomic E-state index is 5.64. The summed E-state index contributed by atoms with van der Waals surface area (Å²) < 4.78 is 4.49. The van der Waals surface area contributed by atoms with E-state index in [9.17, 15) is 0 Å². The fourth-order valence-electron chi connectivity index (χ4n) is 15.5. The van der Waals surface area contributed by atoms with E-state index >= 15 is 0 Å². The second kappa shape index (κ2) is 25.3. The zero-order valence-electron chi connectivity index (χ0n) is 54.5. The van der Waals surface area contributed by atoms with Crippen molar-refractivity contribution in [2.24, 2.45) is 0 Å². The minimum absolute atomic E-state index is 0.530. The molecule has 0 aliphatic heterocycles. The molecule has 0 saturated carbocycles. The van der Waals surface area contributed by atoms with Crippen molar-refractivity contribution in [3.05, 3.63) is 382 Å². The first kappa shape index (κ1) is 59.7. The van der Waals surface area contributed by atoms with Gasteiger partial charge in [-0.3, -0.25) is 9.13 Å². The van der Waals surface area contributed by atoms with Crippen molar-refractivity contribution in [3.8, 4) is 68.3 Å². The maximum Gasteiger partial charge on any atom is 0.238 e. The third-order valence-corrected chi connectivity index (χ3v) is 29.4. The molecule has 18 aromatic rings. The second-order valence-corrected chi connectivity index (χ2v) is 33.1. The zero-order valence-corrected chi connectivity index (χ0v) is 56.5. The first-order chi connectivity index (χ1) is 49.6. The van der Waals surface area contributed by atoms with E-state index in [2.05, 4.69) is 391 Å². The number of hydrogen-bond donors (Lipinski definition) is 0. The van der Waals surface area contributed by atoms with Crippen LogP contribution in [0.5, 0.6) is 0 Å². The van der Waals surface area contributed by atoms with Crippen molar-refractivity contribution in [3.63, 3.8) is 0 Å². The van der Waals surface area contributed by atoms with E-state index in [1.807, 2.05) is 0 Å². The molecule has 0 atom stereocenters. The second-order valence-electron chi connectivity index (χ2n) is 25.5. The van der Waals surface area contributed by atoms with E-state index in [-0.39, 0.29) is 0 Å². The van der Waals surface area contributed by atoms with Crippen LogP contribution in [-0.4, -0.2) is 50.2 Å². The molecule has 14 aromatic carbocycles. The molecule has 0 unspecified atom stereocenters. The number of rotatable bonds is 15. The van der Waals surface area contributed by atoms with Crippen molar-refractivity contribution >= 4 is 101 Å². The van der Waals surface area contributed by atoms with Gasteiger partial charge in [-0.15, -0.1) is 0 Å². The van der Waals surface area contributed by atoms with Gasteiger partial charge in [0.2, 0.25) is 5.95 Å². The molecule has 0 radical (unpaired) electrons. The van der Waals surface area contributed by atoms with Gasteiger partial charge in [0.15, 0.2) is 33.6 Å². The Bertz CT molecular complexity index is 5370. The van der Waals surface area contributed by atoms with Crippen LogP contribution >= 0.6 is 0 Å². The van der Waals surface area contributed by atoms with E-state index in [0.29, 0.717) is 23.4 Å². The molecule has 100 heavy (non-hydrogen) atoms. The molecule has 7 nitrogen and oxygen atoms in total. The summed E-state index contributed by atoms with van der Waals surface area (Å²) in [7, 11) is -5.87. The van der Waals surface area contributed by atoms with Crippen molar-refractivity contribution in [2.45, 2.75) is 0 Å². The monoisotopic (exact) mass is 1310 g/mol. The fourth-order valence-corrected chi connectivity index (χ4v) is 25.1. The van der Waals surface area contributed by atoms with Gasteiger partial charge >= 0.3 is 0 Å². The third kappa shape index (κ3) is 10.2. The summed E-state index contributed by atoms with van der Waals surface area (Å²) in [5.74, 6) is 3.03. The number of hydrogen-bond acceptors (Lipinski definition) is 5. The molecule has 0 N–H and O–H groups in total. The van der Waals surface area contributed by atoms with Gasteiger partial charge in [-0.05, 0) is 89.0 Å². The van der Waals surface area contributed by atoms with Gasteiger partial charge in [-0.1, -0.05) is 340 Å². The molecule has 0 spiro atoms. The number of para-hydroxylation sites is 4. The Balaban J connectivity index is 0.802. The molecule has 470 valence electrons. The summed E-state index contributed by atoms with van der Waals surface area (Å²) in [6, 6.07) is 138. The average Bonchev–Trinajstić information content (AvgIpc) is 0.921. The SMILES string of the molecule is c1ccc([Si](c2ccccc2)(c2ccccc2)c2cccc(-c3cc(-n4c5ccccc5c5ccccc54)nc(-c4cccc(-c5cccc(-c6nc(-c7cccc([Si](c8ccccc8)(c8ccccc8)c8ccccc8)c7)nc(-n7c8ccccc8c8ccccc87)n6)c5)c4)n3)c2)cc1. The number of nitrogens with zero attached hydrogens (tertiary/aromatic N) is 7. The van der Waals surface area contributed by atoms with Gasteiger partial charge in [0, 0.05) is 49.9 Å². The molecule has 0 amide bonds. The summed E-state index contributed by atoms with van der Waals surface area (Å²) in [5.41, 5.74) is 10.6. The summed E-state index contributed by atoms with van der Waals surface area (Å²) in [5, 5.41) is 14.8. The van der Waals surface area contributed by atoms with Crippen molar-refractivity contribution < 1.29 is 0 Å². The number of aromatic nitrogens is 7. The van der Waals surface area contributed by atoms with Crippen LogP contribution in [0.1, 0.15) is 0 Å². The molecule has 9 heteroatoms. The van der Waals surface area contributed by atoms with Gasteiger partial charge in [0.1, 0.15) is 5.82 Å². The predicted octanol–water partition coefficient (Wildman–Crippen LogP) is 15.9. The lowest BCUT2D eigenvalue weighted by atomic mass is 10.0. The van der Waals surface area contributed by atoms with Gasteiger partial charge in [0.05, 0.1) is 27.8 Å². The van der Waals surface area contributed by atoms with Gasteiger partial charge in [0.25, 0.3) is 0 Å². The Labute approximate surface area is 582 Å². The lowest BCUT2D eigenvalue weighted by Gasteiger charge is -2.34. The fraction of sp³-hybridized carbons (Fsp3) is 0. The number of fused-ring (bicyclic) bond motifs is 6. The van der Waals surface area contributed by atoms with Crippen molar-refractivity contribution in [1.29, 1.82) is 0 Å².